The fourth-order valence-electron chi connectivity index (χ4n) is 5.10. The number of rotatable bonds is 7. The van der Waals surface area contributed by atoms with Crippen LogP contribution >= 0.6 is 0 Å². The summed E-state index contributed by atoms with van der Waals surface area (Å²) in [4.78, 5) is 39.4. The Kier molecular flexibility index (Phi) is 6.07. The minimum Gasteiger partial charge on any atom is -0.356 e. The number of carbonyl (C=O) groups excluding carboxylic acids is 3. The lowest BCUT2D eigenvalue weighted by Crippen LogP contribution is -2.49. The molecule has 3 amide bonds. The quantitative estimate of drug-likeness (QED) is 0.677. The van der Waals surface area contributed by atoms with E-state index in [1.807, 2.05) is 47.4 Å². The van der Waals surface area contributed by atoms with E-state index in [1.54, 1.807) is 0 Å². The zero-order valence-electron chi connectivity index (χ0n) is 17.9. The number of benzene rings is 2. The Morgan fingerprint density at radius 2 is 1.87 bits per heavy atom. The third-order valence-electron chi connectivity index (χ3n) is 6.56. The predicted molar refractivity (Wildman–Crippen MR) is 120 cm³/mol. The van der Waals surface area contributed by atoms with Gasteiger partial charge in [-0.25, -0.2) is 0 Å². The van der Waals surface area contributed by atoms with Crippen molar-refractivity contribution in [3.05, 3.63) is 65.7 Å². The van der Waals surface area contributed by atoms with Gasteiger partial charge in [0.05, 0.1) is 11.5 Å². The van der Waals surface area contributed by atoms with E-state index in [1.165, 1.54) is 12.5 Å². The SMILES string of the molecule is CC(=O)NCCCC(=O)N1CC[C@@]2(C(=O)Nc3ccccc32)[C@@H]1CCc1ccccc1. The molecule has 1 fully saturated rings. The Balaban J connectivity index is 1.58. The van der Waals surface area contributed by atoms with Crippen molar-refractivity contribution in [2.75, 3.05) is 18.4 Å². The van der Waals surface area contributed by atoms with Gasteiger partial charge in [-0.05, 0) is 42.9 Å². The summed E-state index contributed by atoms with van der Waals surface area (Å²) >= 11 is 0. The van der Waals surface area contributed by atoms with E-state index in [4.69, 9.17) is 0 Å². The van der Waals surface area contributed by atoms with Gasteiger partial charge in [0.15, 0.2) is 0 Å². The fourth-order valence-corrected chi connectivity index (χ4v) is 5.10. The summed E-state index contributed by atoms with van der Waals surface area (Å²) in [5.74, 6) is -0.0367. The summed E-state index contributed by atoms with van der Waals surface area (Å²) in [7, 11) is 0. The van der Waals surface area contributed by atoms with Crippen molar-refractivity contribution >= 4 is 23.4 Å². The minimum absolute atomic E-state index is 0.000285. The number of carbonyl (C=O) groups is 3. The first-order chi connectivity index (χ1) is 15.0. The van der Waals surface area contributed by atoms with Crippen molar-refractivity contribution in [3.8, 4) is 0 Å². The van der Waals surface area contributed by atoms with Gasteiger partial charge in [0.25, 0.3) is 0 Å². The zero-order chi connectivity index (χ0) is 21.8. The first-order valence-electron chi connectivity index (χ1n) is 11.0. The normalized spacial score (nSPS) is 21.8. The lowest BCUT2D eigenvalue weighted by molar-refractivity contribution is -0.133. The molecule has 6 nitrogen and oxygen atoms in total. The van der Waals surface area contributed by atoms with Gasteiger partial charge in [0.2, 0.25) is 17.7 Å². The highest BCUT2D eigenvalue weighted by Gasteiger charge is 2.58. The number of amides is 3. The summed E-state index contributed by atoms with van der Waals surface area (Å²) < 4.78 is 0. The monoisotopic (exact) mass is 419 g/mol. The Labute approximate surface area is 183 Å². The van der Waals surface area contributed by atoms with E-state index in [-0.39, 0.29) is 23.8 Å². The van der Waals surface area contributed by atoms with Crippen molar-refractivity contribution in [1.82, 2.24) is 10.2 Å². The molecule has 1 spiro atoms. The molecule has 0 unspecified atom stereocenters. The van der Waals surface area contributed by atoms with Gasteiger partial charge < -0.3 is 15.5 Å². The van der Waals surface area contributed by atoms with Crippen LogP contribution in [0.3, 0.4) is 0 Å². The molecule has 1 saturated heterocycles. The number of aryl methyl sites for hydroxylation is 1. The number of likely N-dealkylation sites (tertiary alicyclic amines) is 1. The molecule has 0 bridgehead atoms. The largest absolute Gasteiger partial charge is 0.356 e. The molecule has 2 aliphatic heterocycles. The first-order valence-corrected chi connectivity index (χ1v) is 11.0. The molecule has 2 atom stereocenters. The van der Waals surface area contributed by atoms with Gasteiger partial charge in [-0.15, -0.1) is 0 Å². The second kappa shape index (κ2) is 8.92. The summed E-state index contributed by atoms with van der Waals surface area (Å²) in [6.07, 6.45) is 3.12. The van der Waals surface area contributed by atoms with E-state index in [2.05, 4.69) is 22.8 Å². The molecule has 0 aliphatic carbocycles. The molecule has 2 heterocycles. The van der Waals surface area contributed by atoms with Gasteiger partial charge in [0.1, 0.15) is 0 Å². The second-order valence-electron chi connectivity index (χ2n) is 8.43. The van der Waals surface area contributed by atoms with Crippen LogP contribution in [-0.4, -0.2) is 41.8 Å². The smallest absolute Gasteiger partial charge is 0.237 e. The van der Waals surface area contributed by atoms with Crippen LogP contribution in [-0.2, 0) is 26.2 Å². The van der Waals surface area contributed by atoms with Crippen molar-refractivity contribution < 1.29 is 14.4 Å². The van der Waals surface area contributed by atoms with Crippen LogP contribution < -0.4 is 10.6 Å². The third-order valence-corrected chi connectivity index (χ3v) is 6.56. The van der Waals surface area contributed by atoms with Gasteiger partial charge in [-0.3, -0.25) is 14.4 Å². The van der Waals surface area contributed by atoms with Crippen molar-refractivity contribution in [1.29, 1.82) is 0 Å². The summed E-state index contributed by atoms with van der Waals surface area (Å²) in [6, 6.07) is 17.9. The Hall–Kier alpha value is -3.15. The van der Waals surface area contributed by atoms with E-state index >= 15 is 0 Å². The molecule has 6 heteroatoms. The number of anilines is 1. The molecule has 0 aromatic heterocycles. The summed E-state index contributed by atoms with van der Waals surface area (Å²) in [6.45, 7) is 2.53. The first kappa shape index (κ1) is 21.1. The number of para-hydroxylation sites is 1. The molecule has 162 valence electrons. The second-order valence-corrected chi connectivity index (χ2v) is 8.43. The predicted octanol–water partition coefficient (Wildman–Crippen LogP) is 3.03. The van der Waals surface area contributed by atoms with Crippen molar-refractivity contribution in [3.63, 3.8) is 0 Å². The third kappa shape index (κ3) is 4.07. The van der Waals surface area contributed by atoms with Gasteiger partial charge in [-0.1, -0.05) is 48.5 Å². The molecule has 0 radical (unpaired) electrons. The lowest BCUT2D eigenvalue weighted by Gasteiger charge is -2.34. The maximum Gasteiger partial charge on any atom is 0.237 e. The van der Waals surface area contributed by atoms with Crippen LogP contribution in [0.1, 0.15) is 43.7 Å². The molecular weight excluding hydrogens is 390 g/mol. The van der Waals surface area contributed by atoms with Crippen LogP contribution in [0.15, 0.2) is 54.6 Å². The van der Waals surface area contributed by atoms with Crippen molar-refractivity contribution in [2.45, 2.75) is 50.5 Å². The lowest BCUT2D eigenvalue weighted by atomic mass is 9.73. The summed E-state index contributed by atoms with van der Waals surface area (Å²) in [5, 5.41) is 5.80. The Morgan fingerprint density at radius 3 is 2.65 bits per heavy atom. The average molecular weight is 420 g/mol. The highest BCUT2D eigenvalue weighted by Crippen LogP contribution is 2.49. The van der Waals surface area contributed by atoms with Crippen LogP contribution in [0, 0.1) is 0 Å². The molecule has 4 rings (SSSR count). The van der Waals surface area contributed by atoms with Crippen molar-refractivity contribution in [2.24, 2.45) is 0 Å². The number of nitrogens with one attached hydrogen (secondary N) is 2. The van der Waals surface area contributed by atoms with Gasteiger partial charge >= 0.3 is 0 Å². The van der Waals surface area contributed by atoms with E-state index < -0.39 is 5.41 Å². The van der Waals surface area contributed by atoms with E-state index in [9.17, 15) is 14.4 Å². The molecular formula is C25H29N3O3. The number of hydrogen-bond donors (Lipinski definition) is 2. The Bertz CT molecular complexity index is 975. The minimum atomic E-state index is -0.696. The number of fused-ring (bicyclic) bond motifs is 2. The fraction of sp³-hybridized carbons (Fsp3) is 0.400. The van der Waals surface area contributed by atoms with Gasteiger partial charge in [0, 0.05) is 32.1 Å². The molecule has 0 saturated carbocycles. The molecule has 2 aromatic carbocycles. The number of nitrogens with zero attached hydrogens (tertiary/aromatic N) is 1. The molecule has 2 aromatic rings. The standard InChI is InChI=1S/C25H29N3O3/c1-18(29)26-16-7-12-23(30)28-17-15-25(20-10-5-6-11-21(20)27-24(25)31)22(28)14-13-19-8-3-2-4-9-19/h2-6,8-11,22H,7,12-17H2,1H3,(H,26,29)(H,27,31)/t22-,25-/m0/s1. The average Bonchev–Trinajstić information content (AvgIpc) is 3.29. The summed E-state index contributed by atoms with van der Waals surface area (Å²) in [5.41, 5.74) is 2.37. The van der Waals surface area contributed by atoms with Crippen LogP contribution in [0.25, 0.3) is 0 Å². The topological polar surface area (TPSA) is 78.5 Å². The molecule has 2 N–H and O–H groups in total. The Morgan fingerprint density at radius 1 is 1.13 bits per heavy atom. The molecule has 31 heavy (non-hydrogen) atoms. The van der Waals surface area contributed by atoms with Crippen LogP contribution in [0.2, 0.25) is 0 Å². The van der Waals surface area contributed by atoms with Crippen LogP contribution in [0.4, 0.5) is 5.69 Å². The number of hydrogen-bond acceptors (Lipinski definition) is 3. The van der Waals surface area contributed by atoms with Gasteiger partial charge in [-0.2, -0.15) is 0 Å². The van der Waals surface area contributed by atoms with Crippen LogP contribution in [0.5, 0.6) is 0 Å². The highest BCUT2D eigenvalue weighted by atomic mass is 16.2. The maximum atomic E-state index is 13.3. The zero-order valence-corrected chi connectivity index (χ0v) is 17.9. The molecule has 2 aliphatic rings. The van der Waals surface area contributed by atoms with E-state index in [0.717, 1.165) is 24.1 Å². The van der Waals surface area contributed by atoms with E-state index in [0.29, 0.717) is 32.4 Å². The highest BCUT2D eigenvalue weighted by molar-refractivity contribution is 6.07. The maximum absolute atomic E-state index is 13.3.